The molecular weight excluding hydrogens is 324 g/mol. The number of hydrogen-bond acceptors (Lipinski definition) is 1. The Morgan fingerprint density at radius 1 is 1.10 bits per heavy atom. The van der Waals surface area contributed by atoms with Crippen molar-refractivity contribution in [1.29, 1.82) is 0 Å². The topological polar surface area (TPSA) is 12.0 Å². The predicted molar refractivity (Wildman–Crippen MR) is 80.9 cm³/mol. The Hall–Kier alpha value is -1.26. The van der Waals surface area contributed by atoms with Crippen LogP contribution in [0.15, 0.2) is 46.9 Å². The van der Waals surface area contributed by atoms with Crippen LogP contribution in [0.5, 0.6) is 0 Å². The van der Waals surface area contributed by atoms with Gasteiger partial charge in [0.25, 0.3) is 0 Å². The zero-order chi connectivity index (χ0) is 14.5. The number of nitrogens with one attached hydrogen (secondary N) is 1. The third-order valence-electron chi connectivity index (χ3n) is 3.27. The summed E-state index contributed by atoms with van der Waals surface area (Å²) < 4.78 is 27.7. The molecule has 0 amide bonds. The van der Waals surface area contributed by atoms with E-state index >= 15 is 0 Å². The molecule has 106 valence electrons. The molecule has 1 atom stereocenters. The van der Waals surface area contributed by atoms with Gasteiger partial charge in [-0.15, -0.1) is 0 Å². The number of hydrogen-bond donors (Lipinski definition) is 1. The van der Waals surface area contributed by atoms with Crippen molar-refractivity contribution in [3.05, 3.63) is 69.7 Å². The highest BCUT2D eigenvalue weighted by Gasteiger charge is 2.14. The van der Waals surface area contributed by atoms with Crippen molar-refractivity contribution in [3.8, 4) is 0 Å². The van der Waals surface area contributed by atoms with E-state index in [1.165, 1.54) is 18.2 Å². The SMILES string of the molecule is CNCC(Cc1cc(Br)ccc1F)c1ccc(F)cc1. The first-order valence-corrected chi connectivity index (χ1v) is 7.23. The lowest BCUT2D eigenvalue weighted by Crippen LogP contribution is -2.19. The van der Waals surface area contributed by atoms with Crippen molar-refractivity contribution >= 4 is 15.9 Å². The van der Waals surface area contributed by atoms with Crippen LogP contribution in [0, 0.1) is 11.6 Å². The summed E-state index contributed by atoms with van der Waals surface area (Å²) in [6.07, 6.45) is 0.567. The predicted octanol–water partition coefficient (Wildman–Crippen LogP) is 4.27. The van der Waals surface area contributed by atoms with Gasteiger partial charge in [-0.05, 0) is 54.9 Å². The van der Waals surface area contributed by atoms with E-state index in [1.54, 1.807) is 24.3 Å². The van der Waals surface area contributed by atoms with Crippen LogP contribution >= 0.6 is 15.9 Å². The fourth-order valence-electron chi connectivity index (χ4n) is 2.25. The average molecular weight is 340 g/mol. The van der Waals surface area contributed by atoms with Crippen LogP contribution in [-0.2, 0) is 6.42 Å². The van der Waals surface area contributed by atoms with Crippen molar-refractivity contribution in [3.63, 3.8) is 0 Å². The van der Waals surface area contributed by atoms with E-state index in [1.807, 2.05) is 7.05 Å². The minimum absolute atomic E-state index is 0.101. The van der Waals surface area contributed by atoms with Gasteiger partial charge >= 0.3 is 0 Å². The lowest BCUT2D eigenvalue weighted by molar-refractivity contribution is 0.572. The van der Waals surface area contributed by atoms with Gasteiger partial charge in [0.15, 0.2) is 0 Å². The molecule has 20 heavy (non-hydrogen) atoms. The molecular formula is C16H16BrF2N. The Bertz CT molecular complexity index is 569. The molecule has 0 aliphatic heterocycles. The molecule has 0 radical (unpaired) electrons. The van der Waals surface area contributed by atoms with E-state index in [0.29, 0.717) is 18.5 Å². The second kappa shape index (κ2) is 6.95. The van der Waals surface area contributed by atoms with Gasteiger partial charge in [-0.25, -0.2) is 8.78 Å². The minimum atomic E-state index is -0.259. The Kier molecular flexibility index (Phi) is 5.26. The minimum Gasteiger partial charge on any atom is -0.319 e. The van der Waals surface area contributed by atoms with Crippen LogP contribution < -0.4 is 5.32 Å². The molecule has 1 nitrogen and oxygen atoms in total. The highest BCUT2D eigenvalue weighted by atomic mass is 79.9. The second-order valence-corrected chi connectivity index (χ2v) is 5.66. The Morgan fingerprint density at radius 2 is 1.80 bits per heavy atom. The summed E-state index contributed by atoms with van der Waals surface area (Å²) in [5.74, 6) is -0.369. The van der Waals surface area contributed by atoms with Crippen LogP contribution in [0.4, 0.5) is 8.78 Å². The summed E-state index contributed by atoms with van der Waals surface area (Å²) in [6.45, 7) is 0.706. The maximum atomic E-state index is 13.8. The maximum absolute atomic E-state index is 13.8. The molecule has 2 aromatic rings. The second-order valence-electron chi connectivity index (χ2n) is 4.75. The van der Waals surface area contributed by atoms with Gasteiger partial charge in [0.2, 0.25) is 0 Å². The molecule has 0 heterocycles. The number of likely N-dealkylation sites (N-methyl/N-ethyl adjacent to an activating group) is 1. The molecule has 0 aliphatic carbocycles. The zero-order valence-corrected chi connectivity index (χ0v) is 12.8. The molecule has 0 fully saturated rings. The van der Waals surface area contributed by atoms with Crippen molar-refractivity contribution in [1.82, 2.24) is 5.32 Å². The quantitative estimate of drug-likeness (QED) is 0.857. The first-order valence-electron chi connectivity index (χ1n) is 6.44. The summed E-state index contributed by atoms with van der Waals surface area (Å²) in [4.78, 5) is 0. The van der Waals surface area contributed by atoms with E-state index in [4.69, 9.17) is 0 Å². The van der Waals surface area contributed by atoms with Gasteiger partial charge in [-0.1, -0.05) is 28.1 Å². The lowest BCUT2D eigenvalue weighted by Gasteiger charge is -2.18. The molecule has 2 rings (SSSR count). The molecule has 2 aromatic carbocycles. The fraction of sp³-hybridized carbons (Fsp3) is 0.250. The maximum Gasteiger partial charge on any atom is 0.126 e. The number of benzene rings is 2. The molecule has 0 saturated carbocycles. The average Bonchev–Trinajstić information content (AvgIpc) is 2.43. The first-order chi connectivity index (χ1) is 9.60. The van der Waals surface area contributed by atoms with E-state index < -0.39 is 0 Å². The van der Waals surface area contributed by atoms with Crippen molar-refractivity contribution in [2.75, 3.05) is 13.6 Å². The van der Waals surface area contributed by atoms with E-state index in [-0.39, 0.29) is 17.6 Å². The van der Waals surface area contributed by atoms with Gasteiger partial charge in [0.1, 0.15) is 11.6 Å². The van der Waals surface area contributed by atoms with Gasteiger partial charge in [-0.2, -0.15) is 0 Å². The van der Waals surface area contributed by atoms with Gasteiger partial charge in [0.05, 0.1) is 0 Å². The molecule has 1 unspecified atom stereocenters. The monoisotopic (exact) mass is 339 g/mol. The van der Waals surface area contributed by atoms with Crippen molar-refractivity contribution in [2.45, 2.75) is 12.3 Å². The summed E-state index contributed by atoms with van der Waals surface area (Å²) in [6, 6.07) is 11.3. The molecule has 0 aliphatic rings. The van der Waals surface area contributed by atoms with Crippen molar-refractivity contribution in [2.24, 2.45) is 0 Å². The van der Waals surface area contributed by atoms with Gasteiger partial charge < -0.3 is 5.32 Å². The van der Waals surface area contributed by atoms with Crippen LogP contribution in [-0.4, -0.2) is 13.6 Å². The Labute approximate surface area is 126 Å². The Morgan fingerprint density at radius 3 is 2.45 bits per heavy atom. The first kappa shape index (κ1) is 15.1. The Balaban J connectivity index is 2.25. The fourth-order valence-corrected chi connectivity index (χ4v) is 2.66. The van der Waals surface area contributed by atoms with Gasteiger partial charge in [-0.3, -0.25) is 0 Å². The van der Waals surface area contributed by atoms with Crippen LogP contribution in [0.25, 0.3) is 0 Å². The van der Waals surface area contributed by atoms with Crippen LogP contribution in [0.3, 0.4) is 0 Å². The third-order valence-corrected chi connectivity index (χ3v) is 3.76. The molecule has 4 heteroatoms. The van der Waals surface area contributed by atoms with Crippen molar-refractivity contribution < 1.29 is 8.78 Å². The largest absolute Gasteiger partial charge is 0.319 e. The molecule has 1 N–H and O–H groups in total. The van der Waals surface area contributed by atoms with E-state index in [9.17, 15) is 8.78 Å². The standard InChI is InChI=1S/C16H16BrF2N/c1-20-10-13(11-2-5-15(18)6-3-11)8-12-9-14(17)4-7-16(12)19/h2-7,9,13,20H,8,10H2,1H3. The van der Waals surface area contributed by atoms with Crippen LogP contribution in [0.1, 0.15) is 17.0 Å². The van der Waals surface area contributed by atoms with Crippen LogP contribution in [0.2, 0.25) is 0 Å². The smallest absolute Gasteiger partial charge is 0.126 e. The van der Waals surface area contributed by atoms with Gasteiger partial charge in [0, 0.05) is 16.9 Å². The normalized spacial score (nSPS) is 12.4. The van der Waals surface area contributed by atoms with E-state index in [0.717, 1.165) is 10.0 Å². The highest BCUT2D eigenvalue weighted by molar-refractivity contribution is 9.10. The molecule has 0 aromatic heterocycles. The zero-order valence-electron chi connectivity index (χ0n) is 11.2. The molecule has 0 saturated heterocycles. The third kappa shape index (κ3) is 3.87. The summed E-state index contributed by atoms with van der Waals surface area (Å²) >= 11 is 3.36. The lowest BCUT2D eigenvalue weighted by atomic mass is 9.91. The van der Waals surface area contributed by atoms with E-state index in [2.05, 4.69) is 21.2 Å². The molecule has 0 spiro atoms. The number of halogens is 3. The summed E-state index contributed by atoms with van der Waals surface area (Å²) in [5, 5.41) is 3.11. The highest BCUT2D eigenvalue weighted by Crippen LogP contribution is 2.24. The number of rotatable bonds is 5. The molecule has 0 bridgehead atoms. The summed E-state index contributed by atoms with van der Waals surface area (Å²) in [7, 11) is 1.85. The summed E-state index contributed by atoms with van der Waals surface area (Å²) in [5.41, 5.74) is 1.66.